The van der Waals surface area contributed by atoms with Gasteiger partial charge < -0.3 is 24.9 Å². The molecule has 144 valence electrons. The Bertz CT molecular complexity index is 881. The molecule has 0 aliphatic carbocycles. The molecule has 2 rings (SSSR count). The molecule has 0 fully saturated rings. The van der Waals surface area contributed by atoms with E-state index in [4.69, 9.17) is 20.0 Å². The normalized spacial score (nSPS) is 14.3. The number of nitrogens with zero attached hydrogens (tertiary/aromatic N) is 5. The molecule has 0 bridgehead atoms. The summed E-state index contributed by atoms with van der Waals surface area (Å²) in [7, 11) is -9.02. The Labute approximate surface area is 149 Å². The number of rotatable bonds is 8. The van der Waals surface area contributed by atoms with E-state index in [0.717, 1.165) is 0 Å². The first-order valence-electron chi connectivity index (χ1n) is 7.45. The first kappa shape index (κ1) is 20.6. The molecule has 0 aromatic carbocycles. The van der Waals surface area contributed by atoms with Gasteiger partial charge in [0.15, 0.2) is 5.90 Å². The molecule has 14 heteroatoms. The maximum absolute atomic E-state index is 11.6. The van der Waals surface area contributed by atoms with E-state index >= 15 is 0 Å². The summed E-state index contributed by atoms with van der Waals surface area (Å²) in [5, 5.41) is 7.97. The predicted molar refractivity (Wildman–Crippen MR) is 91.4 cm³/mol. The third kappa shape index (κ3) is 5.94. The molecule has 12 nitrogen and oxygen atoms in total. The van der Waals surface area contributed by atoms with E-state index in [2.05, 4.69) is 20.3 Å². The third-order valence-corrected chi connectivity index (χ3v) is 6.90. The molecule has 0 aliphatic rings. The minimum atomic E-state index is -4.65. The monoisotopic (exact) mass is 406 g/mol. The smallest absolute Gasteiger partial charge is 0.340 e. The summed E-state index contributed by atoms with van der Waals surface area (Å²) in [5.74, 6) is -0.322. The second-order valence-corrected chi connectivity index (χ2v) is 9.63. The van der Waals surface area contributed by atoms with Crippen molar-refractivity contribution in [1.29, 1.82) is 0 Å². The number of aromatic nitrogens is 5. The van der Waals surface area contributed by atoms with Crippen LogP contribution in [0.3, 0.4) is 0 Å². The Balaban J connectivity index is 1.98. The Hall–Kier alpha value is -1.68. The van der Waals surface area contributed by atoms with Gasteiger partial charge in [-0.25, -0.2) is 14.6 Å². The van der Waals surface area contributed by atoms with Crippen LogP contribution in [0.2, 0.25) is 0 Å². The van der Waals surface area contributed by atoms with Gasteiger partial charge in [0.1, 0.15) is 11.6 Å². The largest absolute Gasteiger partial charge is 0.383 e. The van der Waals surface area contributed by atoms with E-state index < -0.39 is 21.1 Å². The summed E-state index contributed by atoms with van der Waals surface area (Å²) in [6.07, 6.45) is 1.75. The van der Waals surface area contributed by atoms with Crippen LogP contribution in [0.1, 0.15) is 22.8 Å². The fourth-order valence-electron chi connectivity index (χ4n) is 2.13. The van der Waals surface area contributed by atoms with E-state index in [1.165, 1.54) is 0 Å². The number of nitrogens with two attached hydrogens (primary N) is 1. The lowest BCUT2D eigenvalue weighted by molar-refractivity contribution is 0.262. The average Bonchev–Trinajstić information content (AvgIpc) is 2.80. The number of hydrogen-bond acceptors (Lipinski definition) is 8. The number of nitrogen functional groups attached to an aromatic ring is 1. The molecule has 5 N–H and O–H groups in total. The van der Waals surface area contributed by atoms with Gasteiger partial charge in [-0.15, -0.1) is 5.10 Å². The second kappa shape index (κ2) is 7.91. The van der Waals surface area contributed by atoms with Crippen LogP contribution < -0.4 is 5.73 Å². The van der Waals surface area contributed by atoms with Crippen LogP contribution in [0, 0.1) is 13.8 Å². The van der Waals surface area contributed by atoms with Gasteiger partial charge in [0, 0.05) is 18.2 Å². The van der Waals surface area contributed by atoms with Gasteiger partial charge in [-0.2, -0.15) is 0 Å². The molecule has 0 aliphatic heterocycles. The number of anilines is 1. The second-order valence-electron chi connectivity index (χ2n) is 5.63. The predicted octanol–water partition coefficient (Wildman–Crippen LogP) is 0.195. The minimum absolute atomic E-state index is 0.150. The lowest BCUT2D eigenvalue weighted by atomic mass is 10.2. The molecule has 0 radical (unpaired) electrons. The van der Waals surface area contributed by atoms with Gasteiger partial charge in [0.25, 0.3) is 0 Å². The van der Waals surface area contributed by atoms with E-state index in [1.54, 1.807) is 24.7 Å². The maximum Gasteiger partial charge on any atom is 0.340 e. The van der Waals surface area contributed by atoms with E-state index in [1.807, 2.05) is 0 Å². The van der Waals surface area contributed by atoms with Crippen LogP contribution >= 0.6 is 15.2 Å². The minimum Gasteiger partial charge on any atom is -0.383 e. The molecular formula is C12H20N6O6P2. The zero-order valence-corrected chi connectivity index (χ0v) is 16.0. The first-order valence-corrected chi connectivity index (χ1v) is 11.0. The summed E-state index contributed by atoms with van der Waals surface area (Å²) in [4.78, 5) is 35.1. The van der Waals surface area contributed by atoms with Gasteiger partial charge in [0.05, 0.1) is 24.5 Å². The topological polar surface area (TPSA) is 187 Å². The zero-order valence-electron chi connectivity index (χ0n) is 14.2. The van der Waals surface area contributed by atoms with Crippen molar-refractivity contribution < 1.29 is 28.3 Å². The van der Waals surface area contributed by atoms with Crippen LogP contribution in [-0.4, -0.2) is 52.2 Å². The standard InChI is InChI=1S/C12H20N6O6P2/c1-8-11(3-4-24-26(22,23)7-25(19,20)21)16-17-18(8)6-10-5-14-9(2)15-12(10)13/h5H,3-4,6-7H2,1-2H3,(H,22,23)(H2,13,14,15)(H2,19,20,21). The summed E-state index contributed by atoms with van der Waals surface area (Å²) >= 11 is 0. The molecule has 26 heavy (non-hydrogen) atoms. The van der Waals surface area contributed by atoms with Gasteiger partial charge in [0.2, 0.25) is 0 Å². The molecule has 1 atom stereocenters. The lowest BCUT2D eigenvalue weighted by Gasteiger charge is -2.12. The van der Waals surface area contributed by atoms with Gasteiger partial charge in [-0.1, -0.05) is 5.21 Å². The van der Waals surface area contributed by atoms with Crippen molar-refractivity contribution in [2.24, 2.45) is 0 Å². The summed E-state index contributed by atoms with van der Waals surface area (Å²) in [6, 6.07) is 0. The third-order valence-electron chi connectivity index (χ3n) is 3.41. The van der Waals surface area contributed by atoms with Crippen LogP contribution in [-0.2, 0) is 26.6 Å². The van der Waals surface area contributed by atoms with Gasteiger partial charge >= 0.3 is 15.2 Å². The molecule has 2 aromatic rings. The SMILES string of the molecule is Cc1ncc(Cn2nnc(CCOP(=O)(O)CP(=O)(O)O)c2C)c(N)n1. The summed E-state index contributed by atoms with van der Waals surface area (Å²) < 4.78 is 28.7. The highest BCUT2D eigenvalue weighted by Crippen LogP contribution is 2.55. The van der Waals surface area contributed by atoms with Crippen LogP contribution in [0.25, 0.3) is 0 Å². The maximum atomic E-state index is 11.6. The van der Waals surface area contributed by atoms with Gasteiger partial charge in [-0.05, 0) is 13.8 Å². The number of hydrogen-bond donors (Lipinski definition) is 4. The van der Waals surface area contributed by atoms with Crippen molar-refractivity contribution in [3.8, 4) is 0 Å². The Morgan fingerprint density at radius 2 is 1.96 bits per heavy atom. The highest BCUT2D eigenvalue weighted by Gasteiger charge is 2.30. The molecule has 2 aromatic heterocycles. The van der Waals surface area contributed by atoms with Crippen molar-refractivity contribution in [2.75, 3.05) is 18.2 Å². The molecular weight excluding hydrogens is 386 g/mol. The van der Waals surface area contributed by atoms with Crippen molar-refractivity contribution in [3.05, 3.63) is 29.0 Å². The molecule has 0 amide bonds. The van der Waals surface area contributed by atoms with Crippen LogP contribution in [0.15, 0.2) is 6.20 Å². The summed E-state index contributed by atoms with van der Waals surface area (Å²) in [6.45, 7) is 3.56. The Morgan fingerprint density at radius 3 is 2.58 bits per heavy atom. The fourth-order valence-corrected chi connectivity index (χ4v) is 4.70. The average molecular weight is 406 g/mol. The van der Waals surface area contributed by atoms with E-state index in [9.17, 15) is 14.0 Å². The fraction of sp³-hybridized carbons (Fsp3) is 0.500. The molecule has 1 unspecified atom stereocenters. The highest BCUT2D eigenvalue weighted by molar-refractivity contribution is 7.70. The Kier molecular flexibility index (Phi) is 6.28. The lowest BCUT2D eigenvalue weighted by Crippen LogP contribution is -2.09. The highest BCUT2D eigenvalue weighted by atomic mass is 31.2. The van der Waals surface area contributed by atoms with E-state index in [-0.39, 0.29) is 13.0 Å². The first-order chi connectivity index (χ1) is 12.0. The van der Waals surface area contributed by atoms with Gasteiger partial charge in [-0.3, -0.25) is 9.13 Å². The van der Waals surface area contributed by atoms with E-state index in [0.29, 0.717) is 35.1 Å². The summed E-state index contributed by atoms with van der Waals surface area (Å²) in [5.41, 5.74) is 7.74. The Morgan fingerprint density at radius 1 is 1.27 bits per heavy atom. The van der Waals surface area contributed by atoms with Crippen LogP contribution in [0.5, 0.6) is 0 Å². The quantitative estimate of drug-likeness (QED) is 0.438. The van der Waals surface area contributed by atoms with Crippen molar-refractivity contribution >= 4 is 21.0 Å². The van der Waals surface area contributed by atoms with Crippen molar-refractivity contribution in [3.63, 3.8) is 0 Å². The molecule has 0 spiro atoms. The van der Waals surface area contributed by atoms with Crippen molar-refractivity contribution in [1.82, 2.24) is 25.0 Å². The molecule has 0 saturated heterocycles. The zero-order chi connectivity index (χ0) is 19.5. The number of aryl methyl sites for hydroxylation is 1. The molecule has 2 heterocycles. The van der Waals surface area contributed by atoms with Crippen LogP contribution in [0.4, 0.5) is 5.82 Å². The molecule has 0 saturated carbocycles. The van der Waals surface area contributed by atoms with Crippen molar-refractivity contribution in [2.45, 2.75) is 26.8 Å².